The van der Waals surface area contributed by atoms with Crippen molar-refractivity contribution in [3.63, 3.8) is 0 Å². The fourth-order valence-corrected chi connectivity index (χ4v) is 3.55. The molecule has 6 heteroatoms. The molecule has 1 saturated heterocycles. The molecule has 0 bridgehead atoms. The Labute approximate surface area is 174 Å². The van der Waals surface area contributed by atoms with Crippen molar-refractivity contribution >= 4 is 28.9 Å². The molecule has 1 fully saturated rings. The minimum atomic E-state index is -0.211. The number of nitrogens with zero attached hydrogens (tertiary/aromatic N) is 2. The summed E-state index contributed by atoms with van der Waals surface area (Å²) in [5.41, 5.74) is 3.56. The summed E-state index contributed by atoms with van der Waals surface area (Å²) in [6, 6.07) is 12.8. The molecular formula is C23H32N4O2. The summed E-state index contributed by atoms with van der Waals surface area (Å²) in [6.07, 6.45) is 3.24. The number of rotatable bonds is 5. The van der Waals surface area contributed by atoms with Gasteiger partial charge in [-0.2, -0.15) is 0 Å². The molecule has 2 aromatic carbocycles. The molecular weight excluding hydrogens is 364 g/mol. The summed E-state index contributed by atoms with van der Waals surface area (Å²) < 4.78 is 0. The zero-order valence-corrected chi connectivity index (χ0v) is 17.2. The van der Waals surface area contributed by atoms with Crippen LogP contribution in [0.25, 0.3) is 11.0 Å². The molecule has 1 aliphatic rings. The van der Waals surface area contributed by atoms with E-state index in [-0.39, 0.29) is 8.76 Å². The van der Waals surface area contributed by atoms with Gasteiger partial charge in [-0.25, -0.2) is 4.98 Å². The van der Waals surface area contributed by atoms with Gasteiger partial charge in [-0.15, -0.1) is 0 Å². The van der Waals surface area contributed by atoms with Gasteiger partial charge in [0, 0.05) is 25.7 Å². The second-order valence-corrected chi connectivity index (χ2v) is 7.07. The van der Waals surface area contributed by atoms with Crippen molar-refractivity contribution in [2.45, 2.75) is 46.2 Å². The largest absolute Gasteiger partial charge is 0.341 e. The van der Waals surface area contributed by atoms with Crippen LogP contribution < -0.4 is 5.32 Å². The number of carbonyl (C=O) groups is 2. The van der Waals surface area contributed by atoms with E-state index in [1.54, 1.807) is 24.3 Å². The first-order valence-corrected chi connectivity index (χ1v) is 10.2. The highest BCUT2D eigenvalue weighted by Gasteiger charge is 2.21. The predicted molar refractivity (Wildman–Crippen MR) is 121 cm³/mol. The van der Waals surface area contributed by atoms with E-state index in [0.717, 1.165) is 36.2 Å². The van der Waals surface area contributed by atoms with Crippen molar-refractivity contribution in [2.24, 2.45) is 0 Å². The number of amides is 1. The van der Waals surface area contributed by atoms with Crippen LogP contribution in [-0.4, -0.2) is 39.6 Å². The van der Waals surface area contributed by atoms with Gasteiger partial charge in [0.2, 0.25) is 0 Å². The van der Waals surface area contributed by atoms with E-state index < -0.39 is 0 Å². The zero-order valence-electron chi connectivity index (χ0n) is 17.2. The van der Waals surface area contributed by atoms with E-state index in [9.17, 15) is 9.59 Å². The summed E-state index contributed by atoms with van der Waals surface area (Å²) >= 11 is 0. The lowest BCUT2D eigenvalue weighted by molar-refractivity contribution is 0.102. The van der Waals surface area contributed by atoms with Gasteiger partial charge >= 0.3 is 0 Å². The molecule has 0 saturated carbocycles. The van der Waals surface area contributed by atoms with Crippen LogP contribution in [0.5, 0.6) is 0 Å². The smallest absolute Gasteiger partial charge is 0.255 e. The van der Waals surface area contributed by atoms with Gasteiger partial charge in [0.1, 0.15) is 12.1 Å². The standard InChI is InChI=1S/C21H22N4O2.C2H6.2H2/c1-14-3-2-10-25(14)12-20-23-18-9-8-17(11-19(18)24-20)22-21(27)16-6-4-15(13-26)5-7-16;1-2;;/h4-9,11,13-14H,2-3,10,12H2,1H3,(H,22,27)(H,23,24);1-2H3;2*1H/t14-;;;/m0.../s1. The molecule has 1 aliphatic heterocycles. The Kier molecular flexibility index (Phi) is 6.77. The number of carbonyl (C=O) groups excluding carboxylic acids is 2. The fourth-order valence-electron chi connectivity index (χ4n) is 3.55. The maximum atomic E-state index is 12.4. The number of hydrogen-bond acceptors (Lipinski definition) is 4. The van der Waals surface area contributed by atoms with Crippen LogP contribution in [0.2, 0.25) is 0 Å². The van der Waals surface area contributed by atoms with Gasteiger partial charge in [-0.05, 0) is 56.6 Å². The molecule has 2 N–H and O–H groups in total. The van der Waals surface area contributed by atoms with E-state index in [4.69, 9.17) is 0 Å². The Bertz CT molecular complexity index is 989. The third-order valence-corrected chi connectivity index (χ3v) is 5.14. The number of aromatic amines is 1. The highest BCUT2D eigenvalue weighted by atomic mass is 16.1. The summed E-state index contributed by atoms with van der Waals surface area (Å²) in [4.78, 5) is 33.6. The SMILES string of the molecule is CC.C[C@H]1CCCN1Cc1nc2ccc(NC(=O)c3ccc(C=O)cc3)cc2[nH]1.[HH].[HH]. The van der Waals surface area contributed by atoms with E-state index >= 15 is 0 Å². The van der Waals surface area contributed by atoms with Crippen molar-refractivity contribution in [1.29, 1.82) is 0 Å². The molecule has 0 radical (unpaired) electrons. The van der Waals surface area contributed by atoms with E-state index in [1.165, 1.54) is 12.8 Å². The van der Waals surface area contributed by atoms with E-state index in [1.807, 2.05) is 32.0 Å². The van der Waals surface area contributed by atoms with Crippen molar-refractivity contribution in [2.75, 3.05) is 11.9 Å². The lowest BCUT2D eigenvalue weighted by Gasteiger charge is -2.19. The average molecular weight is 397 g/mol. The quantitative estimate of drug-likeness (QED) is 0.586. The van der Waals surface area contributed by atoms with Crippen molar-refractivity contribution in [3.05, 3.63) is 59.4 Å². The molecule has 0 spiro atoms. The Morgan fingerprint density at radius 2 is 2.03 bits per heavy atom. The van der Waals surface area contributed by atoms with Gasteiger partial charge < -0.3 is 10.3 Å². The number of aldehydes is 1. The highest BCUT2D eigenvalue weighted by Crippen LogP contribution is 2.22. The summed E-state index contributed by atoms with van der Waals surface area (Å²) in [7, 11) is 0. The van der Waals surface area contributed by atoms with Crippen molar-refractivity contribution in [1.82, 2.24) is 14.9 Å². The van der Waals surface area contributed by atoms with Gasteiger partial charge in [0.15, 0.2) is 0 Å². The number of imidazole rings is 1. The number of aromatic nitrogens is 2. The van der Waals surface area contributed by atoms with Crippen molar-refractivity contribution < 1.29 is 12.4 Å². The first-order chi connectivity index (χ1) is 14.1. The number of anilines is 1. The van der Waals surface area contributed by atoms with Gasteiger partial charge in [-0.3, -0.25) is 14.5 Å². The minimum Gasteiger partial charge on any atom is -0.341 e. The lowest BCUT2D eigenvalue weighted by atomic mass is 10.1. The summed E-state index contributed by atoms with van der Waals surface area (Å²) in [5.74, 6) is 0.740. The first-order valence-electron chi connectivity index (χ1n) is 10.2. The van der Waals surface area contributed by atoms with Crippen LogP contribution in [0.15, 0.2) is 42.5 Å². The fraction of sp³-hybridized carbons (Fsp3) is 0.348. The van der Waals surface area contributed by atoms with Crippen molar-refractivity contribution in [3.8, 4) is 0 Å². The Morgan fingerprint density at radius 3 is 2.69 bits per heavy atom. The molecule has 3 aromatic rings. The normalized spacial score (nSPS) is 16.3. The highest BCUT2D eigenvalue weighted by molar-refractivity contribution is 6.05. The molecule has 1 atom stereocenters. The Balaban J connectivity index is 0.00000117. The van der Waals surface area contributed by atoms with Gasteiger partial charge in [-0.1, -0.05) is 26.0 Å². The number of likely N-dealkylation sites (tertiary alicyclic amines) is 1. The van der Waals surface area contributed by atoms with Crippen LogP contribution in [-0.2, 0) is 6.54 Å². The molecule has 4 rings (SSSR count). The van der Waals surface area contributed by atoms with Crippen LogP contribution in [0.1, 0.15) is 63.0 Å². The third kappa shape index (κ3) is 4.90. The average Bonchev–Trinajstić information content (AvgIpc) is 3.34. The zero-order chi connectivity index (χ0) is 20.8. The van der Waals surface area contributed by atoms with Crippen LogP contribution in [0.3, 0.4) is 0 Å². The van der Waals surface area contributed by atoms with Crippen LogP contribution in [0, 0.1) is 0 Å². The molecule has 2 heterocycles. The third-order valence-electron chi connectivity index (χ3n) is 5.14. The monoisotopic (exact) mass is 396 g/mol. The molecule has 0 unspecified atom stereocenters. The van der Waals surface area contributed by atoms with E-state index in [2.05, 4.69) is 27.1 Å². The van der Waals surface area contributed by atoms with Gasteiger partial charge in [0.25, 0.3) is 5.91 Å². The maximum Gasteiger partial charge on any atom is 0.255 e. The first kappa shape index (κ1) is 20.7. The molecule has 156 valence electrons. The van der Waals surface area contributed by atoms with Crippen LogP contribution >= 0.6 is 0 Å². The molecule has 1 amide bonds. The molecule has 1 aromatic heterocycles. The maximum absolute atomic E-state index is 12.4. The second-order valence-electron chi connectivity index (χ2n) is 7.07. The van der Waals surface area contributed by atoms with Gasteiger partial charge in [0.05, 0.1) is 17.6 Å². The molecule has 0 aliphatic carbocycles. The molecule has 29 heavy (non-hydrogen) atoms. The number of H-pyrrole nitrogens is 1. The topological polar surface area (TPSA) is 78.1 Å². The Morgan fingerprint density at radius 1 is 1.28 bits per heavy atom. The summed E-state index contributed by atoms with van der Waals surface area (Å²) in [5, 5.41) is 2.89. The summed E-state index contributed by atoms with van der Waals surface area (Å²) in [6.45, 7) is 8.19. The lowest BCUT2D eigenvalue weighted by Crippen LogP contribution is -2.26. The number of hydrogen-bond donors (Lipinski definition) is 2. The minimum absolute atomic E-state index is 0. The molecule has 6 nitrogen and oxygen atoms in total. The Hall–Kier alpha value is -2.99. The van der Waals surface area contributed by atoms with E-state index in [0.29, 0.717) is 22.9 Å². The number of fused-ring (bicyclic) bond motifs is 1. The number of benzene rings is 2. The van der Waals surface area contributed by atoms with Crippen LogP contribution in [0.4, 0.5) is 5.69 Å². The second kappa shape index (κ2) is 9.47. The number of nitrogens with one attached hydrogen (secondary N) is 2. The predicted octanol–water partition coefficient (Wildman–Crippen LogP) is 5.13.